The van der Waals surface area contributed by atoms with E-state index in [1.165, 1.54) is 18.3 Å². The molecule has 4 rings (SSSR count). The summed E-state index contributed by atoms with van der Waals surface area (Å²) in [6.07, 6.45) is 4.99. The smallest absolute Gasteiger partial charge is 0.255 e. The first kappa shape index (κ1) is 20.7. The summed E-state index contributed by atoms with van der Waals surface area (Å²) in [6.45, 7) is 1.19. The molecule has 0 aliphatic carbocycles. The van der Waals surface area contributed by atoms with Crippen LogP contribution in [0.5, 0.6) is 0 Å². The Balaban J connectivity index is 1.68. The number of benzene rings is 1. The summed E-state index contributed by atoms with van der Waals surface area (Å²) in [4.78, 5) is 30.0. The first-order chi connectivity index (χ1) is 14.9. The molecule has 1 amide bonds. The van der Waals surface area contributed by atoms with Gasteiger partial charge in [0, 0.05) is 51.1 Å². The predicted octanol–water partition coefficient (Wildman–Crippen LogP) is 3.35. The molecule has 2 N–H and O–H groups in total. The lowest BCUT2D eigenvalue weighted by molar-refractivity contribution is 0.0705. The molecule has 1 aliphatic heterocycles. The molecule has 160 valence electrons. The van der Waals surface area contributed by atoms with Crippen LogP contribution in [-0.2, 0) is 0 Å². The standard InChI is InChI=1S/C23H25FN6O/c1-29(2)23-27-13-19(15-5-3-7-18(24)11-15)21(28-23)17-6-4-10-30(14-17)22(31)16-8-9-20(25)26-12-16/h3,5,7-9,11-13,17H,4,6,10,14H2,1-2H3,(H2,25,26). The normalized spacial score (nSPS) is 16.2. The van der Waals surface area contributed by atoms with Crippen molar-refractivity contribution in [2.45, 2.75) is 18.8 Å². The number of rotatable bonds is 4. The lowest BCUT2D eigenvalue weighted by Gasteiger charge is -2.33. The van der Waals surface area contributed by atoms with Crippen molar-refractivity contribution >= 4 is 17.7 Å². The maximum absolute atomic E-state index is 13.9. The quantitative estimate of drug-likeness (QED) is 0.696. The fourth-order valence-electron chi connectivity index (χ4n) is 3.89. The van der Waals surface area contributed by atoms with Gasteiger partial charge in [-0.15, -0.1) is 0 Å². The Labute approximate surface area is 180 Å². The van der Waals surface area contributed by atoms with Crippen LogP contribution >= 0.6 is 0 Å². The number of likely N-dealkylation sites (tertiary alicyclic amines) is 1. The third-order valence-electron chi connectivity index (χ3n) is 5.47. The van der Waals surface area contributed by atoms with Gasteiger partial charge in [-0.05, 0) is 42.7 Å². The molecule has 2 aromatic heterocycles. The van der Waals surface area contributed by atoms with Crippen molar-refractivity contribution in [1.29, 1.82) is 0 Å². The van der Waals surface area contributed by atoms with Crippen LogP contribution in [0.25, 0.3) is 11.1 Å². The highest BCUT2D eigenvalue weighted by atomic mass is 19.1. The van der Waals surface area contributed by atoms with E-state index in [2.05, 4.69) is 9.97 Å². The van der Waals surface area contributed by atoms with Gasteiger partial charge < -0.3 is 15.5 Å². The van der Waals surface area contributed by atoms with Gasteiger partial charge in [-0.2, -0.15) is 0 Å². The molecule has 8 heteroatoms. The van der Waals surface area contributed by atoms with E-state index in [1.54, 1.807) is 24.4 Å². The number of nitrogens with zero attached hydrogens (tertiary/aromatic N) is 5. The van der Waals surface area contributed by atoms with Gasteiger partial charge in [-0.25, -0.2) is 19.3 Å². The summed E-state index contributed by atoms with van der Waals surface area (Å²) < 4.78 is 13.9. The lowest BCUT2D eigenvalue weighted by atomic mass is 9.89. The highest BCUT2D eigenvalue weighted by molar-refractivity contribution is 5.94. The molecule has 1 fully saturated rings. The molecule has 0 radical (unpaired) electrons. The molecule has 1 saturated heterocycles. The average Bonchev–Trinajstić information content (AvgIpc) is 2.79. The van der Waals surface area contributed by atoms with Gasteiger partial charge in [0.15, 0.2) is 0 Å². The van der Waals surface area contributed by atoms with E-state index in [4.69, 9.17) is 10.7 Å². The molecule has 3 aromatic rings. The Morgan fingerprint density at radius 2 is 2.03 bits per heavy atom. The van der Waals surface area contributed by atoms with Crippen LogP contribution in [0, 0.1) is 5.82 Å². The zero-order chi connectivity index (χ0) is 22.0. The van der Waals surface area contributed by atoms with Crippen molar-refractivity contribution in [3.63, 3.8) is 0 Å². The monoisotopic (exact) mass is 420 g/mol. The minimum Gasteiger partial charge on any atom is -0.384 e. The molecule has 0 bridgehead atoms. The number of nitrogens with two attached hydrogens (primary N) is 1. The maximum atomic E-state index is 13.9. The molecule has 1 atom stereocenters. The van der Waals surface area contributed by atoms with Crippen molar-refractivity contribution < 1.29 is 9.18 Å². The van der Waals surface area contributed by atoms with E-state index in [9.17, 15) is 9.18 Å². The summed E-state index contributed by atoms with van der Waals surface area (Å²) in [7, 11) is 3.76. The van der Waals surface area contributed by atoms with Crippen molar-refractivity contribution in [3.8, 4) is 11.1 Å². The molecule has 0 spiro atoms. The van der Waals surface area contributed by atoms with E-state index in [0.29, 0.717) is 30.4 Å². The van der Waals surface area contributed by atoms with Crippen molar-refractivity contribution in [2.24, 2.45) is 0 Å². The largest absolute Gasteiger partial charge is 0.384 e. The number of piperidine rings is 1. The minimum atomic E-state index is -0.309. The van der Waals surface area contributed by atoms with Crippen LogP contribution in [-0.4, -0.2) is 52.9 Å². The SMILES string of the molecule is CN(C)c1ncc(-c2cccc(F)c2)c(C2CCCN(C(=O)c3ccc(N)nc3)C2)n1. The van der Waals surface area contributed by atoms with Gasteiger partial charge in [-0.3, -0.25) is 4.79 Å². The van der Waals surface area contributed by atoms with Gasteiger partial charge in [0.1, 0.15) is 11.6 Å². The number of amides is 1. The second-order valence-corrected chi connectivity index (χ2v) is 7.94. The summed E-state index contributed by atoms with van der Waals surface area (Å²) in [5.74, 6) is 0.591. The molecule has 1 aliphatic rings. The topological polar surface area (TPSA) is 88.2 Å². The first-order valence-corrected chi connectivity index (χ1v) is 10.2. The Morgan fingerprint density at radius 3 is 2.74 bits per heavy atom. The zero-order valence-corrected chi connectivity index (χ0v) is 17.6. The van der Waals surface area contributed by atoms with E-state index in [-0.39, 0.29) is 17.6 Å². The second kappa shape index (κ2) is 8.67. The number of pyridine rings is 1. The zero-order valence-electron chi connectivity index (χ0n) is 17.6. The van der Waals surface area contributed by atoms with E-state index in [0.717, 1.165) is 29.7 Å². The summed E-state index contributed by atoms with van der Waals surface area (Å²) in [6, 6.07) is 9.76. The van der Waals surface area contributed by atoms with Crippen LogP contribution in [0.3, 0.4) is 0 Å². The van der Waals surface area contributed by atoms with Crippen molar-refractivity contribution in [3.05, 3.63) is 65.9 Å². The number of hydrogen-bond acceptors (Lipinski definition) is 6. The Hall–Kier alpha value is -3.55. The minimum absolute atomic E-state index is 0.0133. The summed E-state index contributed by atoms with van der Waals surface area (Å²) in [5, 5.41) is 0. The lowest BCUT2D eigenvalue weighted by Crippen LogP contribution is -2.39. The fraction of sp³-hybridized carbons (Fsp3) is 0.304. The Morgan fingerprint density at radius 1 is 1.19 bits per heavy atom. The van der Waals surface area contributed by atoms with Crippen LogP contribution in [0.1, 0.15) is 34.8 Å². The molecule has 3 heterocycles. The number of carbonyl (C=O) groups is 1. The number of halogens is 1. The van der Waals surface area contributed by atoms with Crippen LogP contribution < -0.4 is 10.6 Å². The molecule has 31 heavy (non-hydrogen) atoms. The Kier molecular flexibility index (Phi) is 5.79. The Bertz CT molecular complexity index is 1090. The van der Waals surface area contributed by atoms with Gasteiger partial charge in [0.05, 0.1) is 11.3 Å². The number of hydrogen-bond donors (Lipinski definition) is 1. The number of aromatic nitrogens is 3. The summed E-state index contributed by atoms with van der Waals surface area (Å²) in [5.41, 5.74) is 8.50. The number of nitrogen functional groups attached to an aromatic ring is 1. The number of carbonyl (C=O) groups excluding carboxylic acids is 1. The molecule has 7 nitrogen and oxygen atoms in total. The maximum Gasteiger partial charge on any atom is 0.255 e. The third kappa shape index (κ3) is 4.47. The highest BCUT2D eigenvalue weighted by Gasteiger charge is 2.29. The molecule has 1 unspecified atom stereocenters. The molecule has 0 saturated carbocycles. The first-order valence-electron chi connectivity index (χ1n) is 10.2. The van der Waals surface area contributed by atoms with Gasteiger partial charge in [-0.1, -0.05) is 12.1 Å². The van der Waals surface area contributed by atoms with Crippen LogP contribution in [0.15, 0.2) is 48.8 Å². The van der Waals surface area contributed by atoms with Crippen LogP contribution in [0.4, 0.5) is 16.2 Å². The van der Waals surface area contributed by atoms with Gasteiger partial charge in [0.2, 0.25) is 5.95 Å². The highest BCUT2D eigenvalue weighted by Crippen LogP contribution is 2.34. The predicted molar refractivity (Wildman–Crippen MR) is 118 cm³/mol. The average molecular weight is 420 g/mol. The van der Waals surface area contributed by atoms with Gasteiger partial charge in [0.25, 0.3) is 5.91 Å². The molecular formula is C23H25FN6O. The van der Waals surface area contributed by atoms with Crippen molar-refractivity contribution in [2.75, 3.05) is 37.8 Å². The van der Waals surface area contributed by atoms with E-state index < -0.39 is 0 Å². The number of anilines is 2. The molecular weight excluding hydrogens is 395 g/mol. The molecule has 1 aromatic carbocycles. The van der Waals surface area contributed by atoms with Crippen molar-refractivity contribution in [1.82, 2.24) is 19.9 Å². The summed E-state index contributed by atoms with van der Waals surface area (Å²) >= 11 is 0. The third-order valence-corrected chi connectivity index (χ3v) is 5.47. The van der Waals surface area contributed by atoms with E-state index >= 15 is 0 Å². The second-order valence-electron chi connectivity index (χ2n) is 7.94. The fourth-order valence-corrected chi connectivity index (χ4v) is 3.89. The van der Waals surface area contributed by atoms with E-state index in [1.807, 2.05) is 30.0 Å². The van der Waals surface area contributed by atoms with Gasteiger partial charge >= 0.3 is 0 Å². The van der Waals surface area contributed by atoms with Crippen LogP contribution in [0.2, 0.25) is 0 Å².